The summed E-state index contributed by atoms with van der Waals surface area (Å²) in [5, 5.41) is 6.10. The van der Waals surface area contributed by atoms with Gasteiger partial charge in [-0.2, -0.15) is 0 Å². The highest BCUT2D eigenvalue weighted by atomic mass is 16.5. The molecule has 1 amide bonds. The van der Waals surface area contributed by atoms with Crippen LogP contribution in [-0.4, -0.2) is 26.1 Å². The quantitative estimate of drug-likeness (QED) is 0.773. The first-order chi connectivity index (χ1) is 11.1. The van der Waals surface area contributed by atoms with Crippen LogP contribution >= 0.6 is 0 Å². The molecule has 0 atom stereocenters. The van der Waals surface area contributed by atoms with Gasteiger partial charge in [0, 0.05) is 5.69 Å². The number of hydrogen-bond donors (Lipinski definition) is 2. The minimum atomic E-state index is -0.0216. The number of anilines is 1. The van der Waals surface area contributed by atoms with E-state index in [0.717, 1.165) is 30.0 Å². The van der Waals surface area contributed by atoms with E-state index in [1.54, 1.807) is 7.11 Å². The van der Waals surface area contributed by atoms with Gasteiger partial charge in [-0.25, -0.2) is 0 Å². The molecule has 0 aliphatic carbocycles. The van der Waals surface area contributed by atoms with Crippen LogP contribution in [0.25, 0.3) is 0 Å². The van der Waals surface area contributed by atoms with Gasteiger partial charge in [-0.3, -0.25) is 4.79 Å². The lowest BCUT2D eigenvalue weighted by atomic mass is 10.1. The zero-order chi connectivity index (χ0) is 16.7. The molecular weight excluding hydrogens is 288 g/mol. The van der Waals surface area contributed by atoms with Gasteiger partial charge in [0.15, 0.2) is 0 Å². The topological polar surface area (TPSA) is 50.4 Å². The molecule has 0 unspecified atom stereocenters. The van der Waals surface area contributed by atoms with Crippen molar-refractivity contribution >= 4 is 11.6 Å². The highest BCUT2D eigenvalue weighted by molar-refractivity contribution is 5.92. The van der Waals surface area contributed by atoms with Gasteiger partial charge in [0.1, 0.15) is 5.75 Å². The number of benzene rings is 2. The third-order valence-corrected chi connectivity index (χ3v) is 3.69. The summed E-state index contributed by atoms with van der Waals surface area (Å²) < 4.78 is 5.13. The number of carbonyl (C=O) groups excluding carboxylic acids is 1. The molecule has 2 N–H and O–H groups in total. The number of aryl methyl sites for hydroxylation is 2. The van der Waals surface area contributed by atoms with Gasteiger partial charge in [-0.15, -0.1) is 0 Å². The van der Waals surface area contributed by atoms with E-state index in [2.05, 4.69) is 16.7 Å². The van der Waals surface area contributed by atoms with Crippen LogP contribution < -0.4 is 15.4 Å². The van der Waals surface area contributed by atoms with E-state index in [1.807, 2.05) is 50.2 Å². The van der Waals surface area contributed by atoms with Gasteiger partial charge < -0.3 is 15.4 Å². The fourth-order valence-corrected chi connectivity index (χ4v) is 2.38. The summed E-state index contributed by atoms with van der Waals surface area (Å²) in [7, 11) is 1.66. The Labute approximate surface area is 137 Å². The Bertz CT molecular complexity index is 651. The second-order valence-electron chi connectivity index (χ2n) is 5.64. The van der Waals surface area contributed by atoms with Crippen LogP contribution in [-0.2, 0) is 11.2 Å². The zero-order valence-corrected chi connectivity index (χ0v) is 14.0. The van der Waals surface area contributed by atoms with E-state index >= 15 is 0 Å². The number of hydrogen-bond acceptors (Lipinski definition) is 3. The van der Waals surface area contributed by atoms with Crippen LogP contribution in [0.4, 0.5) is 5.69 Å². The third-order valence-electron chi connectivity index (χ3n) is 3.69. The molecule has 2 aromatic carbocycles. The van der Waals surface area contributed by atoms with Crippen molar-refractivity contribution < 1.29 is 9.53 Å². The molecule has 0 fully saturated rings. The average molecular weight is 312 g/mol. The molecule has 122 valence electrons. The molecule has 0 radical (unpaired) electrons. The Morgan fingerprint density at radius 1 is 1.09 bits per heavy atom. The molecule has 0 aliphatic rings. The monoisotopic (exact) mass is 312 g/mol. The predicted octanol–water partition coefficient (Wildman–Crippen LogP) is 3.08. The van der Waals surface area contributed by atoms with Crippen molar-refractivity contribution in [2.24, 2.45) is 0 Å². The SMILES string of the molecule is COc1ccc(CCNCC(=O)Nc2ccc(C)cc2C)cc1. The average Bonchev–Trinajstić information content (AvgIpc) is 2.55. The summed E-state index contributed by atoms with van der Waals surface area (Å²) in [6.07, 6.45) is 0.876. The van der Waals surface area contributed by atoms with Crippen LogP contribution in [0.5, 0.6) is 5.75 Å². The Morgan fingerprint density at radius 2 is 1.83 bits per heavy atom. The van der Waals surface area contributed by atoms with Crippen molar-refractivity contribution in [2.45, 2.75) is 20.3 Å². The molecule has 0 bridgehead atoms. The van der Waals surface area contributed by atoms with Crippen LogP contribution in [0.15, 0.2) is 42.5 Å². The lowest BCUT2D eigenvalue weighted by Gasteiger charge is -2.10. The van der Waals surface area contributed by atoms with Crippen molar-refractivity contribution in [3.05, 3.63) is 59.2 Å². The van der Waals surface area contributed by atoms with Gasteiger partial charge >= 0.3 is 0 Å². The standard InChI is InChI=1S/C19H24N2O2/c1-14-4-9-18(15(2)12-14)21-19(22)13-20-11-10-16-5-7-17(23-3)8-6-16/h4-9,12,20H,10-11,13H2,1-3H3,(H,21,22). The molecule has 0 aromatic heterocycles. The molecule has 0 aliphatic heterocycles. The lowest BCUT2D eigenvalue weighted by Crippen LogP contribution is -2.29. The van der Waals surface area contributed by atoms with Crippen LogP contribution in [0.1, 0.15) is 16.7 Å². The highest BCUT2D eigenvalue weighted by Crippen LogP contribution is 2.15. The van der Waals surface area contributed by atoms with Crippen molar-refractivity contribution in [2.75, 3.05) is 25.5 Å². The molecule has 0 saturated carbocycles. The second-order valence-corrected chi connectivity index (χ2v) is 5.64. The Kier molecular flexibility index (Phi) is 6.18. The Morgan fingerprint density at radius 3 is 2.48 bits per heavy atom. The minimum absolute atomic E-state index is 0.0216. The van der Waals surface area contributed by atoms with E-state index in [-0.39, 0.29) is 5.91 Å². The van der Waals surface area contributed by atoms with Gasteiger partial charge in [0.05, 0.1) is 13.7 Å². The Hall–Kier alpha value is -2.33. The van der Waals surface area contributed by atoms with Crippen molar-refractivity contribution in [3.63, 3.8) is 0 Å². The molecular formula is C19H24N2O2. The number of ether oxygens (including phenoxy) is 1. The smallest absolute Gasteiger partial charge is 0.238 e. The largest absolute Gasteiger partial charge is 0.497 e. The molecule has 0 heterocycles. The summed E-state index contributed by atoms with van der Waals surface area (Å²) in [4.78, 5) is 12.0. The number of amides is 1. The number of methoxy groups -OCH3 is 1. The number of carbonyl (C=O) groups is 1. The van der Waals surface area contributed by atoms with Gasteiger partial charge in [-0.05, 0) is 56.1 Å². The lowest BCUT2D eigenvalue weighted by molar-refractivity contribution is -0.115. The third kappa shape index (κ3) is 5.42. The fraction of sp³-hybridized carbons (Fsp3) is 0.316. The number of nitrogens with one attached hydrogen (secondary N) is 2. The first-order valence-corrected chi connectivity index (χ1v) is 7.79. The molecule has 4 nitrogen and oxygen atoms in total. The maximum absolute atomic E-state index is 12.0. The zero-order valence-electron chi connectivity index (χ0n) is 14.0. The maximum atomic E-state index is 12.0. The summed E-state index contributed by atoms with van der Waals surface area (Å²) in [5.41, 5.74) is 4.36. The van der Waals surface area contributed by atoms with Crippen molar-refractivity contribution in [1.82, 2.24) is 5.32 Å². The maximum Gasteiger partial charge on any atom is 0.238 e. The first kappa shape index (κ1) is 17.0. The van der Waals surface area contributed by atoms with Gasteiger partial charge in [-0.1, -0.05) is 29.8 Å². The summed E-state index contributed by atoms with van der Waals surface area (Å²) in [6.45, 7) is 5.11. The van der Waals surface area contributed by atoms with E-state index in [1.165, 1.54) is 11.1 Å². The molecule has 2 rings (SSSR count). The van der Waals surface area contributed by atoms with Gasteiger partial charge in [0.25, 0.3) is 0 Å². The van der Waals surface area contributed by atoms with Crippen molar-refractivity contribution in [1.29, 1.82) is 0 Å². The van der Waals surface area contributed by atoms with Crippen LogP contribution in [0.3, 0.4) is 0 Å². The minimum Gasteiger partial charge on any atom is -0.497 e. The normalized spacial score (nSPS) is 10.4. The molecule has 23 heavy (non-hydrogen) atoms. The van der Waals surface area contributed by atoms with Gasteiger partial charge in [0.2, 0.25) is 5.91 Å². The van der Waals surface area contributed by atoms with E-state index < -0.39 is 0 Å². The summed E-state index contributed by atoms with van der Waals surface area (Å²) in [6, 6.07) is 14.0. The first-order valence-electron chi connectivity index (χ1n) is 7.79. The molecule has 0 saturated heterocycles. The predicted molar refractivity (Wildman–Crippen MR) is 94.1 cm³/mol. The van der Waals surface area contributed by atoms with E-state index in [4.69, 9.17) is 4.74 Å². The molecule has 4 heteroatoms. The van der Waals surface area contributed by atoms with Crippen molar-refractivity contribution in [3.8, 4) is 5.75 Å². The summed E-state index contributed by atoms with van der Waals surface area (Å²) >= 11 is 0. The molecule has 0 spiro atoms. The van der Waals surface area contributed by atoms with Crippen LogP contribution in [0, 0.1) is 13.8 Å². The molecule has 2 aromatic rings. The Balaban J connectivity index is 1.72. The van der Waals surface area contributed by atoms with E-state index in [0.29, 0.717) is 6.54 Å². The second kappa shape index (κ2) is 8.34. The fourth-order valence-electron chi connectivity index (χ4n) is 2.38. The number of rotatable bonds is 7. The van der Waals surface area contributed by atoms with E-state index in [9.17, 15) is 4.79 Å². The summed E-state index contributed by atoms with van der Waals surface area (Å²) in [5.74, 6) is 0.834. The highest BCUT2D eigenvalue weighted by Gasteiger charge is 2.04. The van der Waals surface area contributed by atoms with Crippen LogP contribution in [0.2, 0.25) is 0 Å².